The van der Waals surface area contributed by atoms with E-state index in [-0.39, 0.29) is 25.0 Å². The van der Waals surface area contributed by atoms with Gasteiger partial charge in [0.25, 0.3) is 5.91 Å². The van der Waals surface area contributed by atoms with Gasteiger partial charge in [0, 0.05) is 17.3 Å². The van der Waals surface area contributed by atoms with Gasteiger partial charge in [-0.3, -0.25) is 14.4 Å². The molecule has 3 heterocycles. The number of rotatable bonds is 9. The average molecular weight is 505 g/mol. The number of fused-ring (bicyclic) bond motifs is 1. The number of anilines is 1. The smallest absolute Gasteiger partial charge is 0.310 e. The van der Waals surface area contributed by atoms with E-state index in [1.807, 2.05) is 20.8 Å². The molecule has 4 rings (SSSR count). The van der Waals surface area contributed by atoms with E-state index in [2.05, 4.69) is 6.58 Å². The zero-order chi connectivity index (χ0) is 25.7. The molecule has 1 spiro atoms. The fourth-order valence-electron chi connectivity index (χ4n) is 6.51. The quantitative estimate of drug-likeness (QED) is 0.500. The molecule has 2 bridgehead atoms. The number of benzene rings is 1. The summed E-state index contributed by atoms with van der Waals surface area (Å²) in [5.41, 5.74) is -1.70. The lowest BCUT2D eigenvalue weighted by Gasteiger charge is -2.40. The Balaban J connectivity index is 1.88. The van der Waals surface area contributed by atoms with Crippen LogP contribution in [0.15, 0.2) is 36.9 Å². The molecule has 8 nitrogen and oxygen atoms in total. The van der Waals surface area contributed by atoms with Gasteiger partial charge in [0.1, 0.15) is 17.6 Å². The van der Waals surface area contributed by atoms with Gasteiger partial charge in [0.2, 0.25) is 5.91 Å². The van der Waals surface area contributed by atoms with E-state index in [0.717, 1.165) is 0 Å². The third-order valence-corrected chi connectivity index (χ3v) is 8.40. The monoisotopic (exact) mass is 504 g/mol. The maximum Gasteiger partial charge on any atom is 0.310 e. The number of aliphatic hydroxyl groups excluding tert-OH is 1. The minimum absolute atomic E-state index is 0.168. The van der Waals surface area contributed by atoms with Crippen molar-refractivity contribution in [2.24, 2.45) is 17.8 Å². The lowest BCUT2D eigenvalue weighted by atomic mass is 9.65. The number of ether oxygens (including phenoxy) is 1. The molecule has 3 saturated heterocycles. The first-order valence-corrected chi connectivity index (χ1v) is 12.5. The first kappa shape index (κ1) is 25.7. The SMILES string of the molecule is C=CCN(C(=O)C1N([C@@H](CO)C(C)C)C(=O)[C@@H]2[C@@H](C(=O)O)[C@@]3(CC)CCC12O3)c1ccc(Cl)cc1. The Morgan fingerprint density at radius 3 is 2.49 bits per heavy atom. The van der Waals surface area contributed by atoms with Gasteiger partial charge in [0.05, 0.1) is 24.2 Å². The Morgan fingerprint density at radius 2 is 1.97 bits per heavy atom. The Labute approximate surface area is 210 Å². The normalized spacial score (nSPS) is 32.1. The molecule has 0 aliphatic carbocycles. The second-order valence-electron chi connectivity index (χ2n) is 10.1. The molecule has 0 aromatic heterocycles. The summed E-state index contributed by atoms with van der Waals surface area (Å²) in [6.45, 7) is 9.20. The van der Waals surface area contributed by atoms with Crippen molar-refractivity contribution in [3.05, 3.63) is 41.9 Å². The highest BCUT2D eigenvalue weighted by molar-refractivity contribution is 6.30. The summed E-state index contributed by atoms with van der Waals surface area (Å²) in [5.74, 6) is -4.13. The van der Waals surface area contributed by atoms with Crippen LogP contribution in [-0.2, 0) is 19.1 Å². The Morgan fingerprint density at radius 1 is 1.31 bits per heavy atom. The lowest BCUT2D eigenvalue weighted by molar-refractivity contribution is -0.158. The number of carboxylic acid groups (broad SMARTS) is 1. The molecule has 3 aliphatic rings. The van der Waals surface area contributed by atoms with Gasteiger partial charge in [-0.15, -0.1) is 6.58 Å². The maximum absolute atomic E-state index is 14.4. The van der Waals surface area contributed by atoms with E-state index >= 15 is 0 Å². The van der Waals surface area contributed by atoms with Crippen molar-refractivity contribution in [1.29, 1.82) is 0 Å². The number of hydrogen-bond acceptors (Lipinski definition) is 5. The zero-order valence-corrected chi connectivity index (χ0v) is 21.1. The molecule has 2 amide bonds. The van der Waals surface area contributed by atoms with Crippen LogP contribution in [0.3, 0.4) is 0 Å². The number of aliphatic hydroxyl groups is 1. The van der Waals surface area contributed by atoms with Crippen LogP contribution in [0.5, 0.6) is 0 Å². The number of nitrogens with zero attached hydrogens (tertiary/aromatic N) is 2. The second-order valence-corrected chi connectivity index (χ2v) is 10.6. The second kappa shape index (κ2) is 9.22. The third kappa shape index (κ3) is 3.69. The standard InChI is InChI=1S/C26H33ClN2O6/c1-5-13-28(17-9-7-16(27)8-10-17)23(32)21-26-12-11-25(6-2,35-26)20(24(33)34)19(26)22(31)29(21)18(14-30)15(3)4/h5,7-10,15,18-21,30H,1,6,11-14H2,2-4H3,(H,33,34)/t18-,19-,20-,21?,25+,26?/m0/s1. The van der Waals surface area contributed by atoms with E-state index < -0.39 is 47.0 Å². The first-order chi connectivity index (χ1) is 16.6. The molecule has 0 saturated carbocycles. The molecule has 6 atom stereocenters. The number of carboxylic acids is 1. The van der Waals surface area contributed by atoms with Crippen LogP contribution in [0.4, 0.5) is 5.69 Å². The molecule has 1 aromatic rings. The number of amides is 2. The molecule has 3 fully saturated rings. The van der Waals surface area contributed by atoms with E-state index in [1.54, 1.807) is 30.3 Å². The van der Waals surface area contributed by atoms with E-state index in [4.69, 9.17) is 16.3 Å². The van der Waals surface area contributed by atoms with Crippen LogP contribution in [0.25, 0.3) is 0 Å². The summed E-state index contributed by atoms with van der Waals surface area (Å²) in [7, 11) is 0. The summed E-state index contributed by atoms with van der Waals surface area (Å²) in [6, 6.07) is 5.04. The van der Waals surface area contributed by atoms with E-state index in [1.165, 1.54) is 9.80 Å². The zero-order valence-electron chi connectivity index (χ0n) is 20.3. The number of carbonyl (C=O) groups excluding carboxylic acids is 2. The van der Waals surface area contributed by atoms with Gasteiger partial charge in [-0.25, -0.2) is 0 Å². The molecule has 0 radical (unpaired) electrons. The third-order valence-electron chi connectivity index (χ3n) is 8.15. The van der Waals surface area contributed by atoms with Crippen LogP contribution >= 0.6 is 11.6 Å². The number of carbonyl (C=O) groups is 3. The van der Waals surface area contributed by atoms with Crippen molar-refractivity contribution in [3.63, 3.8) is 0 Å². The molecule has 3 aliphatic heterocycles. The summed E-state index contributed by atoms with van der Waals surface area (Å²) < 4.78 is 6.57. The lowest BCUT2D eigenvalue weighted by Crippen LogP contribution is -2.60. The molecule has 2 N–H and O–H groups in total. The molecular formula is C26H33ClN2O6. The van der Waals surface area contributed by atoms with Crippen LogP contribution in [-0.4, -0.2) is 69.3 Å². The van der Waals surface area contributed by atoms with E-state index in [0.29, 0.717) is 30.0 Å². The van der Waals surface area contributed by atoms with Crippen LogP contribution in [0, 0.1) is 17.8 Å². The highest BCUT2D eigenvalue weighted by atomic mass is 35.5. The summed E-state index contributed by atoms with van der Waals surface area (Å²) in [6.07, 6.45) is 2.87. The van der Waals surface area contributed by atoms with Crippen LogP contribution in [0.2, 0.25) is 5.02 Å². The number of likely N-dealkylation sites (tertiary alicyclic amines) is 1. The van der Waals surface area contributed by atoms with Crippen molar-refractivity contribution in [3.8, 4) is 0 Å². The summed E-state index contributed by atoms with van der Waals surface area (Å²) in [5, 5.41) is 21.0. The highest BCUT2D eigenvalue weighted by Gasteiger charge is 2.79. The van der Waals surface area contributed by atoms with Gasteiger partial charge >= 0.3 is 5.97 Å². The van der Waals surface area contributed by atoms with Gasteiger partial charge < -0.3 is 24.7 Å². The summed E-state index contributed by atoms with van der Waals surface area (Å²) >= 11 is 6.06. The van der Waals surface area contributed by atoms with Crippen molar-refractivity contribution in [2.75, 3.05) is 18.1 Å². The predicted molar refractivity (Wildman–Crippen MR) is 131 cm³/mol. The Bertz CT molecular complexity index is 1030. The fraction of sp³-hybridized carbons (Fsp3) is 0.577. The van der Waals surface area contributed by atoms with Crippen LogP contribution < -0.4 is 4.90 Å². The van der Waals surface area contributed by atoms with Gasteiger partial charge in [-0.1, -0.05) is 38.4 Å². The Hall–Kier alpha value is -2.42. The Kier molecular flexibility index (Phi) is 6.76. The predicted octanol–water partition coefficient (Wildman–Crippen LogP) is 3.12. The molecule has 35 heavy (non-hydrogen) atoms. The van der Waals surface area contributed by atoms with Crippen molar-refractivity contribution >= 4 is 35.1 Å². The van der Waals surface area contributed by atoms with Crippen molar-refractivity contribution in [1.82, 2.24) is 4.90 Å². The summed E-state index contributed by atoms with van der Waals surface area (Å²) in [4.78, 5) is 43.7. The highest BCUT2D eigenvalue weighted by Crippen LogP contribution is 2.64. The number of halogens is 1. The number of hydrogen-bond donors (Lipinski definition) is 2. The molecule has 1 aromatic carbocycles. The van der Waals surface area contributed by atoms with Gasteiger partial charge in [-0.2, -0.15) is 0 Å². The molecule has 2 unspecified atom stereocenters. The molecule has 9 heteroatoms. The van der Waals surface area contributed by atoms with Crippen LogP contribution in [0.1, 0.15) is 40.0 Å². The fourth-order valence-corrected chi connectivity index (χ4v) is 6.63. The van der Waals surface area contributed by atoms with Gasteiger partial charge in [-0.05, 0) is 49.4 Å². The maximum atomic E-state index is 14.4. The average Bonchev–Trinajstić information content (AvgIpc) is 3.42. The largest absolute Gasteiger partial charge is 0.481 e. The topological polar surface area (TPSA) is 107 Å². The van der Waals surface area contributed by atoms with Gasteiger partial charge in [0.15, 0.2) is 0 Å². The minimum Gasteiger partial charge on any atom is -0.481 e. The first-order valence-electron chi connectivity index (χ1n) is 12.1. The molecular weight excluding hydrogens is 472 g/mol. The minimum atomic E-state index is -1.28. The molecule has 190 valence electrons. The number of aliphatic carboxylic acids is 1. The van der Waals surface area contributed by atoms with Crippen molar-refractivity contribution in [2.45, 2.75) is 63.3 Å². The van der Waals surface area contributed by atoms with E-state index in [9.17, 15) is 24.6 Å². The van der Waals surface area contributed by atoms with Crippen molar-refractivity contribution < 1.29 is 29.3 Å².